The maximum absolute atomic E-state index is 12.6. The van der Waals surface area contributed by atoms with Crippen molar-refractivity contribution in [3.8, 4) is 11.5 Å². The van der Waals surface area contributed by atoms with E-state index >= 15 is 0 Å². The number of carbonyl (C=O) groups excluding carboxylic acids is 1. The monoisotopic (exact) mass is 375 g/mol. The van der Waals surface area contributed by atoms with E-state index < -0.39 is 17.2 Å². The number of nitrogens with one attached hydrogen (secondary N) is 1. The number of aryl methyl sites for hydroxylation is 1. The number of amides is 1. The maximum Gasteiger partial charge on any atom is 0.331 e. The number of methoxy groups -OCH3 is 2. The van der Waals surface area contributed by atoms with Crippen LogP contribution >= 0.6 is 11.3 Å². The van der Waals surface area contributed by atoms with E-state index in [1.807, 2.05) is 0 Å². The summed E-state index contributed by atoms with van der Waals surface area (Å²) in [6.45, 7) is 0. The fourth-order valence-corrected chi connectivity index (χ4v) is 3.56. The second kappa shape index (κ2) is 6.68. The van der Waals surface area contributed by atoms with E-state index in [-0.39, 0.29) is 0 Å². The highest BCUT2D eigenvalue weighted by atomic mass is 32.1. The first-order chi connectivity index (χ1) is 12.4. The number of benzene rings is 1. The number of hydrogen-bond donors (Lipinski definition) is 1. The lowest BCUT2D eigenvalue weighted by Crippen LogP contribution is -2.36. The summed E-state index contributed by atoms with van der Waals surface area (Å²) >= 11 is 1.08. The molecule has 0 unspecified atom stereocenters. The summed E-state index contributed by atoms with van der Waals surface area (Å²) in [6.07, 6.45) is 0. The predicted molar refractivity (Wildman–Crippen MR) is 99.8 cm³/mol. The van der Waals surface area contributed by atoms with E-state index in [2.05, 4.69) is 5.32 Å². The Labute approximate surface area is 152 Å². The minimum atomic E-state index is -0.437. The zero-order valence-electron chi connectivity index (χ0n) is 14.7. The van der Waals surface area contributed by atoms with Crippen molar-refractivity contribution in [2.75, 3.05) is 19.5 Å². The lowest BCUT2D eigenvalue weighted by atomic mass is 10.2. The van der Waals surface area contributed by atoms with Crippen LogP contribution in [0.25, 0.3) is 10.2 Å². The molecule has 1 N–H and O–H groups in total. The number of nitrogens with zero attached hydrogens (tertiary/aromatic N) is 2. The van der Waals surface area contributed by atoms with Crippen LogP contribution in [-0.4, -0.2) is 29.3 Å². The Morgan fingerprint density at radius 2 is 1.81 bits per heavy atom. The molecule has 9 heteroatoms. The van der Waals surface area contributed by atoms with Gasteiger partial charge in [-0.15, -0.1) is 11.3 Å². The van der Waals surface area contributed by atoms with E-state index in [0.29, 0.717) is 32.3 Å². The van der Waals surface area contributed by atoms with Gasteiger partial charge in [-0.2, -0.15) is 0 Å². The first kappa shape index (κ1) is 17.7. The van der Waals surface area contributed by atoms with Crippen molar-refractivity contribution in [3.05, 3.63) is 50.0 Å². The molecular weight excluding hydrogens is 358 g/mol. The number of aromatic nitrogens is 2. The minimum absolute atomic E-state index is 0.316. The summed E-state index contributed by atoms with van der Waals surface area (Å²) in [7, 11) is 6.00. The summed E-state index contributed by atoms with van der Waals surface area (Å²) in [5.74, 6) is 0.645. The van der Waals surface area contributed by atoms with Gasteiger partial charge < -0.3 is 14.8 Å². The zero-order valence-corrected chi connectivity index (χ0v) is 15.5. The molecule has 2 aromatic heterocycles. The Bertz CT molecular complexity index is 1130. The van der Waals surface area contributed by atoms with Crippen LogP contribution in [-0.2, 0) is 14.1 Å². The van der Waals surface area contributed by atoms with E-state index in [4.69, 9.17) is 9.47 Å². The first-order valence-electron chi connectivity index (χ1n) is 7.60. The van der Waals surface area contributed by atoms with Crippen LogP contribution in [0.1, 0.15) is 9.67 Å². The molecule has 0 aliphatic carbocycles. The van der Waals surface area contributed by atoms with Gasteiger partial charge in [0.2, 0.25) is 0 Å². The topological polar surface area (TPSA) is 91.6 Å². The molecule has 3 aromatic rings. The average Bonchev–Trinajstić information content (AvgIpc) is 3.10. The Morgan fingerprint density at radius 1 is 1.08 bits per heavy atom. The van der Waals surface area contributed by atoms with Crippen LogP contribution in [0.3, 0.4) is 0 Å². The number of carbonyl (C=O) groups is 1. The lowest BCUT2D eigenvalue weighted by Gasteiger charge is -2.10. The number of ether oxygens (including phenoxy) is 2. The average molecular weight is 375 g/mol. The van der Waals surface area contributed by atoms with Gasteiger partial charge in [-0.05, 0) is 18.2 Å². The molecule has 3 rings (SSSR count). The smallest absolute Gasteiger partial charge is 0.331 e. The van der Waals surface area contributed by atoms with Crippen molar-refractivity contribution in [1.29, 1.82) is 0 Å². The third kappa shape index (κ3) is 2.86. The van der Waals surface area contributed by atoms with Gasteiger partial charge in [0.25, 0.3) is 11.5 Å². The van der Waals surface area contributed by atoms with Crippen molar-refractivity contribution >= 4 is 33.1 Å². The Balaban J connectivity index is 2.02. The van der Waals surface area contributed by atoms with Gasteiger partial charge in [-0.3, -0.25) is 18.7 Å². The van der Waals surface area contributed by atoms with Crippen LogP contribution in [0.15, 0.2) is 33.9 Å². The normalized spacial score (nSPS) is 10.8. The van der Waals surface area contributed by atoms with Gasteiger partial charge in [0, 0.05) is 20.2 Å². The number of hydrogen-bond acceptors (Lipinski definition) is 6. The van der Waals surface area contributed by atoms with Crippen molar-refractivity contribution < 1.29 is 14.3 Å². The highest BCUT2D eigenvalue weighted by Gasteiger charge is 2.18. The second-order valence-electron chi connectivity index (χ2n) is 5.56. The largest absolute Gasteiger partial charge is 0.497 e. The van der Waals surface area contributed by atoms with Crippen molar-refractivity contribution in [1.82, 2.24) is 9.13 Å². The molecule has 0 saturated carbocycles. The molecule has 2 heterocycles. The molecule has 0 fully saturated rings. The second-order valence-corrected chi connectivity index (χ2v) is 6.59. The molecule has 0 atom stereocenters. The molecule has 1 aromatic carbocycles. The molecule has 0 bridgehead atoms. The predicted octanol–water partition coefficient (Wildman–Crippen LogP) is 1.57. The number of anilines is 1. The molecular formula is C17H17N3O5S. The fraction of sp³-hybridized carbons (Fsp3) is 0.235. The number of rotatable bonds is 4. The molecule has 136 valence electrons. The van der Waals surface area contributed by atoms with Crippen molar-refractivity contribution in [2.24, 2.45) is 14.1 Å². The molecule has 0 saturated heterocycles. The molecule has 26 heavy (non-hydrogen) atoms. The highest BCUT2D eigenvalue weighted by molar-refractivity contribution is 7.20. The van der Waals surface area contributed by atoms with E-state index in [1.54, 1.807) is 25.2 Å². The summed E-state index contributed by atoms with van der Waals surface area (Å²) in [4.78, 5) is 37.7. The van der Waals surface area contributed by atoms with Crippen molar-refractivity contribution in [3.63, 3.8) is 0 Å². The fourth-order valence-electron chi connectivity index (χ4n) is 2.56. The summed E-state index contributed by atoms with van der Waals surface area (Å²) in [5, 5.41) is 3.08. The van der Waals surface area contributed by atoms with Crippen LogP contribution in [0.4, 0.5) is 5.69 Å². The van der Waals surface area contributed by atoms with Crippen LogP contribution in [0, 0.1) is 0 Å². The van der Waals surface area contributed by atoms with Gasteiger partial charge in [-0.25, -0.2) is 4.79 Å². The molecule has 8 nitrogen and oxygen atoms in total. The van der Waals surface area contributed by atoms with Gasteiger partial charge in [0.05, 0.1) is 30.2 Å². The Morgan fingerprint density at radius 3 is 2.46 bits per heavy atom. The molecule has 0 spiro atoms. The molecule has 1 amide bonds. The van der Waals surface area contributed by atoms with Crippen LogP contribution in [0.2, 0.25) is 0 Å². The van der Waals surface area contributed by atoms with Gasteiger partial charge >= 0.3 is 5.69 Å². The van der Waals surface area contributed by atoms with E-state index in [0.717, 1.165) is 15.9 Å². The van der Waals surface area contributed by atoms with Gasteiger partial charge in [-0.1, -0.05) is 0 Å². The molecule has 0 aliphatic heterocycles. The van der Waals surface area contributed by atoms with Gasteiger partial charge in [0.15, 0.2) is 0 Å². The summed E-state index contributed by atoms with van der Waals surface area (Å²) < 4.78 is 12.8. The number of thiophene rings is 1. The van der Waals surface area contributed by atoms with Crippen LogP contribution < -0.4 is 26.0 Å². The van der Waals surface area contributed by atoms with Gasteiger partial charge in [0.1, 0.15) is 16.3 Å². The van der Waals surface area contributed by atoms with Crippen molar-refractivity contribution in [2.45, 2.75) is 0 Å². The number of fused-ring (bicyclic) bond motifs is 1. The highest BCUT2D eigenvalue weighted by Crippen LogP contribution is 2.30. The van der Waals surface area contributed by atoms with E-state index in [9.17, 15) is 14.4 Å². The Kier molecular flexibility index (Phi) is 4.56. The lowest BCUT2D eigenvalue weighted by molar-refractivity contribution is 0.103. The Hall–Kier alpha value is -3.07. The SMILES string of the molecule is COc1ccc(NC(=O)c2cc3c(=O)n(C)c(=O)n(C)c3s2)c(OC)c1. The minimum Gasteiger partial charge on any atom is -0.497 e. The maximum atomic E-state index is 12.6. The van der Waals surface area contributed by atoms with E-state index in [1.165, 1.54) is 31.9 Å². The molecule has 0 radical (unpaired) electrons. The standard InChI is InChI=1S/C17H17N3O5S/c1-19-15(22)10-8-13(26-16(10)20(2)17(19)23)14(21)18-11-6-5-9(24-3)7-12(11)25-4/h5-8H,1-4H3,(H,18,21). The molecule has 0 aliphatic rings. The zero-order chi connectivity index (χ0) is 19.0. The quantitative estimate of drug-likeness (QED) is 0.747. The summed E-state index contributed by atoms with van der Waals surface area (Å²) in [5.41, 5.74) is -0.397. The first-order valence-corrected chi connectivity index (χ1v) is 8.42. The third-order valence-electron chi connectivity index (χ3n) is 4.01. The van der Waals surface area contributed by atoms with Crippen LogP contribution in [0.5, 0.6) is 11.5 Å². The summed E-state index contributed by atoms with van der Waals surface area (Å²) in [6, 6.07) is 6.51. The third-order valence-corrected chi connectivity index (χ3v) is 5.22.